The van der Waals surface area contributed by atoms with Crippen molar-refractivity contribution in [2.24, 2.45) is 0 Å². The number of hydrogen-bond donors (Lipinski definition) is 0. The first-order valence-electron chi connectivity index (χ1n) is 11.6. The van der Waals surface area contributed by atoms with Crippen LogP contribution in [-0.4, -0.2) is 94.0 Å². The minimum atomic E-state index is -3.71. The number of fused-ring (bicyclic) bond motifs is 1. The number of nitrogens with zero attached hydrogens (tertiary/aromatic N) is 3. The van der Waals surface area contributed by atoms with Gasteiger partial charge in [-0.25, -0.2) is 8.42 Å². The van der Waals surface area contributed by atoms with Crippen LogP contribution in [0, 0.1) is 0 Å². The van der Waals surface area contributed by atoms with E-state index < -0.39 is 10.0 Å². The number of sulfonamides is 1. The van der Waals surface area contributed by atoms with E-state index in [4.69, 9.17) is 14.2 Å². The number of carbonyl (C=O) groups excluding carboxylic acids is 1. The van der Waals surface area contributed by atoms with E-state index in [1.807, 2.05) is 24.5 Å². The molecular weight excluding hydrogens is 490 g/mol. The average Bonchev–Trinajstić information content (AvgIpc) is 3.37. The van der Waals surface area contributed by atoms with Crippen LogP contribution in [0.3, 0.4) is 0 Å². The van der Waals surface area contributed by atoms with E-state index in [0.29, 0.717) is 64.6 Å². The molecule has 0 radical (unpaired) electrons. The molecule has 3 aliphatic heterocycles. The van der Waals surface area contributed by atoms with E-state index in [1.54, 1.807) is 17.0 Å². The van der Waals surface area contributed by atoms with Crippen molar-refractivity contribution < 1.29 is 27.4 Å². The summed E-state index contributed by atoms with van der Waals surface area (Å²) in [6.07, 6.45) is 1.89. The predicted molar refractivity (Wildman–Crippen MR) is 132 cm³/mol. The molecule has 188 valence electrons. The Labute approximate surface area is 210 Å². The van der Waals surface area contributed by atoms with Crippen molar-refractivity contribution in [2.45, 2.75) is 16.3 Å². The fourth-order valence-electron chi connectivity index (χ4n) is 4.53. The van der Waals surface area contributed by atoms with Crippen LogP contribution >= 0.6 is 11.8 Å². The van der Waals surface area contributed by atoms with E-state index in [2.05, 4.69) is 4.90 Å². The molecule has 2 saturated heterocycles. The molecule has 3 heterocycles. The maximum atomic E-state index is 13.5. The standard InChI is InChI=1S/C24H29N3O6S2/c1-34-23-5-3-19(15-20(23)24(28)26-10-12-31-13-11-26)35(29,30)27-8-6-25(7-9-27)16-18-2-4-21-22(14-18)33-17-32-21/h2-5,14-15H,6-13,16-17H2,1H3. The predicted octanol–water partition coefficient (Wildman–Crippen LogP) is 2.12. The fourth-order valence-corrected chi connectivity index (χ4v) is 6.55. The highest BCUT2D eigenvalue weighted by Gasteiger charge is 2.30. The quantitative estimate of drug-likeness (QED) is 0.537. The van der Waals surface area contributed by atoms with Crippen LogP contribution in [0.2, 0.25) is 0 Å². The monoisotopic (exact) mass is 519 g/mol. The van der Waals surface area contributed by atoms with Crippen molar-refractivity contribution >= 4 is 27.7 Å². The van der Waals surface area contributed by atoms with Gasteiger partial charge in [-0.2, -0.15) is 4.31 Å². The zero-order chi connectivity index (χ0) is 24.4. The van der Waals surface area contributed by atoms with Crippen LogP contribution in [0.25, 0.3) is 0 Å². The number of thioether (sulfide) groups is 1. The maximum absolute atomic E-state index is 13.5. The second-order valence-electron chi connectivity index (χ2n) is 8.63. The van der Waals surface area contributed by atoms with Gasteiger partial charge in [0.1, 0.15) is 0 Å². The molecule has 2 fully saturated rings. The Bertz CT molecular complexity index is 1190. The molecule has 35 heavy (non-hydrogen) atoms. The summed E-state index contributed by atoms with van der Waals surface area (Å²) in [4.78, 5) is 18.0. The molecule has 0 unspecified atom stereocenters. The highest BCUT2D eigenvalue weighted by atomic mass is 32.2. The Morgan fingerprint density at radius 3 is 2.43 bits per heavy atom. The van der Waals surface area contributed by atoms with Crippen LogP contribution < -0.4 is 9.47 Å². The summed E-state index contributed by atoms with van der Waals surface area (Å²) in [5, 5.41) is 0. The van der Waals surface area contributed by atoms with Crippen LogP contribution in [-0.2, 0) is 21.3 Å². The Kier molecular flexibility index (Phi) is 7.21. The molecule has 5 rings (SSSR count). The van der Waals surface area contributed by atoms with Gasteiger partial charge < -0.3 is 19.1 Å². The number of piperazine rings is 1. The third-order valence-corrected chi connectivity index (χ3v) is 9.20. The molecule has 11 heteroatoms. The van der Waals surface area contributed by atoms with Gasteiger partial charge in [0.25, 0.3) is 5.91 Å². The van der Waals surface area contributed by atoms with E-state index in [-0.39, 0.29) is 17.6 Å². The normalized spacial score (nSPS) is 19.2. The molecule has 0 aliphatic carbocycles. The third kappa shape index (κ3) is 5.14. The molecule has 1 amide bonds. The highest BCUT2D eigenvalue weighted by Crippen LogP contribution is 2.33. The first kappa shape index (κ1) is 24.4. The number of hydrogen-bond acceptors (Lipinski definition) is 8. The molecule has 0 aromatic heterocycles. The van der Waals surface area contributed by atoms with Gasteiger partial charge in [-0.15, -0.1) is 11.8 Å². The SMILES string of the molecule is CSc1ccc(S(=O)(=O)N2CCN(Cc3ccc4c(c3)OCO4)CC2)cc1C(=O)N1CCOCC1. The lowest BCUT2D eigenvalue weighted by Gasteiger charge is -2.34. The Morgan fingerprint density at radius 1 is 0.943 bits per heavy atom. The molecule has 0 N–H and O–H groups in total. The second kappa shape index (κ2) is 10.4. The second-order valence-corrected chi connectivity index (χ2v) is 11.4. The lowest BCUT2D eigenvalue weighted by molar-refractivity contribution is 0.0300. The Hall–Kier alpha value is -2.31. The Balaban J connectivity index is 1.27. The first-order valence-corrected chi connectivity index (χ1v) is 14.3. The van der Waals surface area contributed by atoms with Crippen LogP contribution in [0.5, 0.6) is 11.5 Å². The van der Waals surface area contributed by atoms with Gasteiger partial charge in [-0.05, 0) is 42.2 Å². The van der Waals surface area contributed by atoms with Crippen LogP contribution in [0.4, 0.5) is 0 Å². The van der Waals surface area contributed by atoms with Gasteiger partial charge in [0, 0.05) is 50.7 Å². The lowest BCUT2D eigenvalue weighted by Crippen LogP contribution is -2.48. The van der Waals surface area contributed by atoms with Crippen LogP contribution in [0.1, 0.15) is 15.9 Å². The summed E-state index contributed by atoms with van der Waals surface area (Å²) in [7, 11) is -3.71. The van der Waals surface area contributed by atoms with Crippen LogP contribution in [0.15, 0.2) is 46.2 Å². The minimum absolute atomic E-state index is 0.150. The molecule has 3 aliphatic rings. The molecule has 0 spiro atoms. The van der Waals surface area contributed by atoms with Crippen molar-refractivity contribution in [2.75, 3.05) is 65.5 Å². The summed E-state index contributed by atoms with van der Waals surface area (Å²) in [6.45, 7) is 4.99. The zero-order valence-electron chi connectivity index (χ0n) is 19.6. The first-order chi connectivity index (χ1) is 17.0. The van der Waals surface area contributed by atoms with Gasteiger partial charge in [-0.3, -0.25) is 9.69 Å². The zero-order valence-corrected chi connectivity index (χ0v) is 21.3. The van der Waals surface area contributed by atoms with E-state index in [1.165, 1.54) is 22.1 Å². The molecule has 2 aromatic rings. The number of benzene rings is 2. The number of amides is 1. The van der Waals surface area contributed by atoms with E-state index >= 15 is 0 Å². The summed E-state index contributed by atoms with van der Waals surface area (Å²) in [5.74, 6) is 1.35. The van der Waals surface area contributed by atoms with Gasteiger partial charge in [0.05, 0.1) is 23.7 Å². The number of morpholine rings is 1. The van der Waals surface area contributed by atoms with E-state index in [9.17, 15) is 13.2 Å². The third-order valence-electron chi connectivity index (χ3n) is 6.51. The molecule has 0 atom stereocenters. The molecular formula is C24H29N3O6S2. The minimum Gasteiger partial charge on any atom is -0.454 e. The number of ether oxygens (including phenoxy) is 3. The van der Waals surface area contributed by atoms with Crippen molar-refractivity contribution in [3.63, 3.8) is 0 Å². The topological polar surface area (TPSA) is 88.6 Å². The lowest BCUT2D eigenvalue weighted by atomic mass is 10.2. The van der Waals surface area contributed by atoms with Crippen molar-refractivity contribution in [3.8, 4) is 11.5 Å². The highest BCUT2D eigenvalue weighted by molar-refractivity contribution is 7.98. The number of rotatable bonds is 6. The van der Waals surface area contributed by atoms with Gasteiger partial charge >= 0.3 is 0 Å². The number of carbonyl (C=O) groups is 1. The van der Waals surface area contributed by atoms with Crippen molar-refractivity contribution in [3.05, 3.63) is 47.5 Å². The fraction of sp³-hybridized carbons (Fsp3) is 0.458. The summed E-state index contributed by atoms with van der Waals surface area (Å²) >= 11 is 1.44. The summed E-state index contributed by atoms with van der Waals surface area (Å²) in [5.41, 5.74) is 1.53. The van der Waals surface area contributed by atoms with Gasteiger partial charge in [-0.1, -0.05) is 6.07 Å². The summed E-state index contributed by atoms with van der Waals surface area (Å²) < 4.78 is 44.6. The van der Waals surface area contributed by atoms with Crippen molar-refractivity contribution in [1.82, 2.24) is 14.1 Å². The van der Waals surface area contributed by atoms with Gasteiger partial charge in [0.15, 0.2) is 11.5 Å². The van der Waals surface area contributed by atoms with E-state index in [0.717, 1.165) is 22.0 Å². The molecule has 2 aromatic carbocycles. The molecule has 0 saturated carbocycles. The maximum Gasteiger partial charge on any atom is 0.255 e. The average molecular weight is 520 g/mol. The summed E-state index contributed by atoms with van der Waals surface area (Å²) in [6, 6.07) is 10.8. The van der Waals surface area contributed by atoms with Crippen molar-refractivity contribution in [1.29, 1.82) is 0 Å². The molecule has 9 nitrogen and oxygen atoms in total. The smallest absolute Gasteiger partial charge is 0.255 e. The van der Waals surface area contributed by atoms with Gasteiger partial charge in [0.2, 0.25) is 16.8 Å². The molecule has 0 bridgehead atoms. The Morgan fingerprint density at radius 2 is 1.69 bits per heavy atom. The largest absolute Gasteiger partial charge is 0.454 e.